The maximum Gasteiger partial charge on any atom is 0.328 e. The molecule has 0 atom stereocenters. The summed E-state index contributed by atoms with van der Waals surface area (Å²) in [5.41, 5.74) is 5.09. The van der Waals surface area contributed by atoms with Gasteiger partial charge in [-0.05, 0) is 71.3 Å². The minimum Gasteiger partial charge on any atom is -0.497 e. The number of nitrogens with one attached hydrogen (secondary N) is 1. The van der Waals surface area contributed by atoms with E-state index < -0.39 is 26.7 Å². The third-order valence-electron chi connectivity index (χ3n) is 9.93. The lowest BCUT2D eigenvalue weighted by Gasteiger charge is -2.36. The van der Waals surface area contributed by atoms with Gasteiger partial charge in [0.15, 0.2) is 5.82 Å². The fourth-order valence-corrected chi connectivity index (χ4v) is 7.87. The number of nitro groups is 1. The van der Waals surface area contributed by atoms with Gasteiger partial charge in [-0.3, -0.25) is 29.5 Å². The van der Waals surface area contributed by atoms with Crippen molar-refractivity contribution in [3.8, 4) is 16.9 Å². The van der Waals surface area contributed by atoms with Gasteiger partial charge in [0.05, 0.1) is 22.4 Å². The van der Waals surface area contributed by atoms with Crippen molar-refractivity contribution < 1.29 is 22.9 Å². The zero-order valence-corrected chi connectivity index (χ0v) is 31.9. The first-order valence-corrected chi connectivity index (χ1v) is 19.3. The van der Waals surface area contributed by atoms with Crippen LogP contribution in [0.2, 0.25) is 0 Å². The Labute approximate surface area is 324 Å². The number of sulfonamides is 1. The van der Waals surface area contributed by atoms with Gasteiger partial charge in [0.1, 0.15) is 17.8 Å². The smallest absolute Gasteiger partial charge is 0.328 e. The monoisotopic (exact) mass is 772 g/mol. The number of urea groups is 1. The van der Waals surface area contributed by atoms with E-state index in [2.05, 4.69) is 73.0 Å². The summed E-state index contributed by atoms with van der Waals surface area (Å²) >= 11 is 0. The van der Waals surface area contributed by atoms with Gasteiger partial charge < -0.3 is 9.64 Å². The van der Waals surface area contributed by atoms with Crippen LogP contribution in [0.25, 0.3) is 22.0 Å². The summed E-state index contributed by atoms with van der Waals surface area (Å²) in [5.74, 6) is 0.634. The molecule has 0 spiro atoms. The van der Waals surface area contributed by atoms with E-state index in [0.717, 1.165) is 49.4 Å². The van der Waals surface area contributed by atoms with Crippen molar-refractivity contribution in [2.24, 2.45) is 0 Å². The van der Waals surface area contributed by atoms with E-state index in [9.17, 15) is 23.3 Å². The summed E-state index contributed by atoms with van der Waals surface area (Å²) < 4.78 is 35.0. The highest BCUT2D eigenvalue weighted by Crippen LogP contribution is 2.33. The summed E-state index contributed by atoms with van der Waals surface area (Å²) in [6.07, 6.45) is 1.28. The fraction of sp³-hybridized carbons (Fsp3) is 0.195. The second-order valence-corrected chi connectivity index (χ2v) is 15.0. The number of benzene rings is 5. The molecular weight excluding hydrogens is 733 g/mol. The van der Waals surface area contributed by atoms with Crippen LogP contribution in [-0.2, 0) is 16.6 Å². The summed E-state index contributed by atoms with van der Waals surface area (Å²) in [6, 6.07) is 34.0. The third kappa shape index (κ3) is 7.94. The molecule has 0 aliphatic carbocycles. The van der Waals surface area contributed by atoms with Crippen LogP contribution < -0.4 is 24.2 Å². The van der Waals surface area contributed by atoms with Crippen LogP contribution in [0.1, 0.15) is 5.56 Å². The molecule has 0 unspecified atom stereocenters. The van der Waals surface area contributed by atoms with Gasteiger partial charge in [0.25, 0.3) is 15.7 Å². The van der Waals surface area contributed by atoms with E-state index in [1.807, 2.05) is 18.2 Å². The van der Waals surface area contributed by atoms with E-state index in [4.69, 9.17) is 4.74 Å². The van der Waals surface area contributed by atoms with E-state index >= 15 is 0 Å². The average Bonchev–Trinajstić information content (AvgIpc) is 3.23. The Kier molecular flexibility index (Phi) is 10.8. The standard InChI is InChI=1S/C41H40N8O6S/c1-45(31-13-16-33(55-3)17-14-31)41(50)46(2)38-20-18-34(26-39(38)49(51)52)56(53,54)44-40-36-19-15-32(25-37(36)42-28-43-40)48-23-21-47(22-24-48)27-30-11-7-8-12-35(30)29-9-5-4-6-10-29/h4-20,25-26,28H,21-24,27H2,1-3H3,(H,42,43,44). The minimum atomic E-state index is -4.36. The summed E-state index contributed by atoms with van der Waals surface area (Å²) in [6.45, 7) is 4.18. The Hall–Kier alpha value is -6.58. The molecule has 6 aromatic rings. The first-order valence-electron chi connectivity index (χ1n) is 17.8. The van der Waals surface area contributed by atoms with Crippen LogP contribution in [0.15, 0.2) is 126 Å². The SMILES string of the molecule is COc1ccc(N(C)C(=O)N(C)c2ccc(S(=O)(=O)Nc3ncnc4cc(N5CCN(Cc6ccccc6-c6ccccc6)CC5)ccc34)cc2[N+](=O)[O-])cc1. The van der Waals surface area contributed by atoms with Crippen molar-refractivity contribution in [3.63, 3.8) is 0 Å². The second-order valence-electron chi connectivity index (χ2n) is 13.3. The van der Waals surface area contributed by atoms with Crippen molar-refractivity contribution in [1.29, 1.82) is 0 Å². The predicted molar refractivity (Wildman–Crippen MR) is 218 cm³/mol. The van der Waals surface area contributed by atoms with Crippen molar-refractivity contribution >= 4 is 55.5 Å². The van der Waals surface area contributed by atoms with E-state index in [0.29, 0.717) is 22.3 Å². The maximum atomic E-state index is 13.7. The fourth-order valence-electron chi connectivity index (χ4n) is 6.82. The number of fused-ring (bicyclic) bond motifs is 1. The number of carbonyl (C=O) groups excluding carboxylic acids is 1. The molecular formula is C41H40N8O6S. The van der Waals surface area contributed by atoms with Crippen molar-refractivity contribution in [1.82, 2.24) is 14.9 Å². The highest BCUT2D eigenvalue weighted by molar-refractivity contribution is 7.92. The Morgan fingerprint density at radius 2 is 1.57 bits per heavy atom. The van der Waals surface area contributed by atoms with Crippen LogP contribution in [0.3, 0.4) is 0 Å². The molecule has 5 aromatic carbocycles. The van der Waals surface area contributed by atoms with Gasteiger partial charge in [-0.2, -0.15) is 0 Å². The number of ether oxygens (including phenoxy) is 1. The van der Waals surface area contributed by atoms with Gasteiger partial charge in [0, 0.05) is 69.6 Å². The quantitative estimate of drug-likeness (QED) is 0.107. The molecule has 1 aliphatic heterocycles. The lowest BCUT2D eigenvalue weighted by atomic mass is 9.99. The van der Waals surface area contributed by atoms with E-state index in [-0.39, 0.29) is 16.4 Å². The molecule has 1 aliphatic rings. The summed E-state index contributed by atoms with van der Waals surface area (Å²) in [7, 11) is 0.0734. The Morgan fingerprint density at radius 3 is 2.29 bits per heavy atom. The number of nitro benzene ring substituents is 1. The second kappa shape index (κ2) is 16.0. The first kappa shape index (κ1) is 37.7. The molecule has 1 saturated heterocycles. The van der Waals surface area contributed by atoms with Gasteiger partial charge in [-0.25, -0.2) is 23.2 Å². The van der Waals surface area contributed by atoms with Crippen LogP contribution >= 0.6 is 0 Å². The lowest BCUT2D eigenvalue weighted by Crippen LogP contribution is -2.46. The lowest BCUT2D eigenvalue weighted by molar-refractivity contribution is -0.384. The number of aromatic nitrogens is 2. The largest absolute Gasteiger partial charge is 0.497 e. The first-order chi connectivity index (χ1) is 27.0. The topological polar surface area (TPSA) is 154 Å². The van der Waals surface area contributed by atoms with Crippen LogP contribution in [-0.4, -0.2) is 81.6 Å². The molecule has 0 radical (unpaired) electrons. The van der Waals surface area contributed by atoms with Gasteiger partial charge in [-0.1, -0.05) is 54.6 Å². The minimum absolute atomic E-state index is 0.0311. The number of amides is 2. The van der Waals surface area contributed by atoms with E-state index in [1.165, 1.54) is 61.3 Å². The normalized spacial score (nSPS) is 13.3. The molecule has 2 amide bonds. The zero-order valence-electron chi connectivity index (χ0n) is 31.1. The number of hydrogen-bond donors (Lipinski definition) is 1. The Morgan fingerprint density at radius 1 is 0.857 bits per heavy atom. The number of nitrogens with zero attached hydrogens (tertiary/aromatic N) is 7. The number of carbonyl (C=O) groups is 1. The highest BCUT2D eigenvalue weighted by atomic mass is 32.2. The molecule has 0 saturated carbocycles. The Bertz CT molecular complexity index is 2490. The van der Waals surface area contributed by atoms with Crippen LogP contribution in [0.5, 0.6) is 5.75 Å². The highest BCUT2D eigenvalue weighted by Gasteiger charge is 2.28. The summed E-state index contributed by atoms with van der Waals surface area (Å²) in [4.78, 5) is 40.2. The molecule has 14 nitrogen and oxygen atoms in total. The third-order valence-corrected chi connectivity index (χ3v) is 11.3. The molecule has 15 heteroatoms. The molecule has 0 bridgehead atoms. The number of rotatable bonds is 11. The number of methoxy groups -OCH3 is 1. The summed E-state index contributed by atoms with van der Waals surface area (Å²) in [5, 5.41) is 12.7. The molecule has 286 valence electrons. The number of piperazine rings is 1. The molecule has 7 rings (SSSR count). The molecule has 1 N–H and O–H groups in total. The molecule has 1 fully saturated rings. The maximum absolute atomic E-state index is 13.7. The predicted octanol–water partition coefficient (Wildman–Crippen LogP) is 7.03. The van der Waals surface area contributed by atoms with Crippen LogP contribution in [0, 0.1) is 10.1 Å². The van der Waals surface area contributed by atoms with Crippen LogP contribution in [0.4, 0.5) is 33.4 Å². The zero-order chi connectivity index (χ0) is 39.4. The molecule has 56 heavy (non-hydrogen) atoms. The average molecular weight is 773 g/mol. The Balaban J connectivity index is 1.04. The molecule has 1 aromatic heterocycles. The van der Waals surface area contributed by atoms with Crippen molar-refractivity contribution in [3.05, 3.63) is 137 Å². The number of hydrogen-bond acceptors (Lipinski definition) is 10. The van der Waals surface area contributed by atoms with E-state index in [1.54, 1.807) is 30.3 Å². The van der Waals surface area contributed by atoms with Crippen molar-refractivity contribution in [2.45, 2.75) is 11.4 Å². The van der Waals surface area contributed by atoms with Gasteiger partial charge in [0.2, 0.25) is 0 Å². The van der Waals surface area contributed by atoms with Gasteiger partial charge >= 0.3 is 6.03 Å². The number of anilines is 4. The molecule has 2 heterocycles. The van der Waals surface area contributed by atoms with Crippen molar-refractivity contribution in [2.75, 3.05) is 66.8 Å². The van der Waals surface area contributed by atoms with Gasteiger partial charge in [-0.15, -0.1) is 0 Å².